The van der Waals surface area contributed by atoms with Crippen molar-refractivity contribution in [2.24, 2.45) is 0 Å². The lowest BCUT2D eigenvalue weighted by Crippen LogP contribution is -2.29. The van der Waals surface area contributed by atoms with Crippen LogP contribution >= 0.6 is 11.3 Å². The lowest BCUT2D eigenvalue weighted by Gasteiger charge is -2.18. The molecule has 0 saturated heterocycles. The highest BCUT2D eigenvalue weighted by Crippen LogP contribution is 2.20. The largest absolute Gasteiger partial charge is 0.365 e. The number of pyridine rings is 1. The first-order valence-corrected chi connectivity index (χ1v) is 7.96. The molecule has 2 N–H and O–H groups in total. The Kier molecular flexibility index (Phi) is 5.68. The number of carbonyl (C=O) groups excluding carboxylic acids is 1. The van der Waals surface area contributed by atoms with E-state index < -0.39 is 0 Å². The van der Waals surface area contributed by atoms with Crippen LogP contribution in [0.25, 0.3) is 0 Å². The highest BCUT2D eigenvalue weighted by atomic mass is 32.1. The topological polar surface area (TPSA) is 66.9 Å². The summed E-state index contributed by atoms with van der Waals surface area (Å²) in [5.74, 6) is -0.141. The first-order chi connectivity index (χ1) is 10.2. The van der Waals surface area contributed by atoms with E-state index in [2.05, 4.69) is 27.5 Å². The van der Waals surface area contributed by atoms with Gasteiger partial charge in [0.25, 0.3) is 5.91 Å². The molecule has 1 atom stereocenters. The van der Waals surface area contributed by atoms with E-state index in [-0.39, 0.29) is 11.9 Å². The SMILES string of the molecule is CCCC[C@H](NC(=O)c1csc(NC)n1)c1cccnc1. The van der Waals surface area contributed by atoms with E-state index >= 15 is 0 Å². The number of rotatable bonds is 7. The normalized spacial score (nSPS) is 11.9. The maximum atomic E-state index is 12.3. The van der Waals surface area contributed by atoms with Crippen LogP contribution in [0.3, 0.4) is 0 Å². The van der Waals surface area contributed by atoms with Crippen LogP contribution < -0.4 is 10.6 Å². The van der Waals surface area contributed by atoms with Gasteiger partial charge in [0.15, 0.2) is 5.13 Å². The Labute approximate surface area is 128 Å². The Balaban J connectivity index is 2.09. The van der Waals surface area contributed by atoms with Crippen molar-refractivity contribution in [3.63, 3.8) is 0 Å². The molecule has 0 aliphatic heterocycles. The molecule has 21 heavy (non-hydrogen) atoms. The highest BCUT2D eigenvalue weighted by molar-refractivity contribution is 7.13. The number of unbranched alkanes of at least 4 members (excludes halogenated alkanes) is 1. The number of carbonyl (C=O) groups is 1. The first-order valence-electron chi connectivity index (χ1n) is 7.08. The zero-order chi connectivity index (χ0) is 15.1. The Morgan fingerprint density at radius 3 is 2.95 bits per heavy atom. The molecule has 0 aliphatic rings. The van der Waals surface area contributed by atoms with Gasteiger partial charge in [0.2, 0.25) is 0 Å². The number of hydrogen-bond acceptors (Lipinski definition) is 5. The number of hydrogen-bond donors (Lipinski definition) is 2. The molecule has 0 fully saturated rings. The van der Waals surface area contributed by atoms with E-state index in [0.29, 0.717) is 5.69 Å². The van der Waals surface area contributed by atoms with Crippen molar-refractivity contribution in [2.45, 2.75) is 32.2 Å². The van der Waals surface area contributed by atoms with E-state index in [1.54, 1.807) is 24.8 Å². The Morgan fingerprint density at radius 2 is 2.33 bits per heavy atom. The van der Waals surface area contributed by atoms with Crippen LogP contribution in [0.5, 0.6) is 0 Å². The summed E-state index contributed by atoms with van der Waals surface area (Å²) in [5.41, 5.74) is 1.48. The van der Waals surface area contributed by atoms with Gasteiger partial charge in [-0.15, -0.1) is 11.3 Å². The minimum Gasteiger partial charge on any atom is -0.365 e. The minimum absolute atomic E-state index is 0.0223. The molecule has 2 rings (SSSR count). The summed E-state index contributed by atoms with van der Waals surface area (Å²) in [5, 5.41) is 8.51. The fourth-order valence-electron chi connectivity index (χ4n) is 2.04. The molecule has 6 heteroatoms. The Morgan fingerprint density at radius 1 is 1.48 bits per heavy atom. The summed E-state index contributed by atoms with van der Waals surface area (Å²) in [6.07, 6.45) is 6.59. The fourth-order valence-corrected chi connectivity index (χ4v) is 2.69. The molecule has 1 amide bonds. The molecule has 0 radical (unpaired) electrons. The van der Waals surface area contributed by atoms with Crippen molar-refractivity contribution < 1.29 is 4.79 Å². The van der Waals surface area contributed by atoms with Gasteiger partial charge in [0.1, 0.15) is 5.69 Å². The molecule has 2 aromatic rings. The van der Waals surface area contributed by atoms with Gasteiger partial charge in [0, 0.05) is 24.8 Å². The second kappa shape index (κ2) is 7.73. The molecular weight excluding hydrogens is 284 g/mol. The third kappa shape index (κ3) is 4.26. The second-order valence-corrected chi connectivity index (χ2v) is 5.60. The van der Waals surface area contributed by atoms with Gasteiger partial charge in [-0.25, -0.2) is 4.98 Å². The van der Waals surface area contributed by atoms with Gasteiger partial charge in [-0.05, 0) is 18.1 Å². The third-order valence-electron chi connectivity index (χ3n) is 3.19. The van der Waals surface area contributed by atoms with Crippen LogP contribution in [0.4, 0.5) is 5.13 Å². The molecule has 112 valence electrons. The standard InChI is InChI=1S/C15H20N4OS/c1-3-4-7-12(11-6-5-8-17-9-11)18-14(20)13-10-21-15(16-2)19-13/h5-6,8-10,12H,3-4,7H2,1-2H3,(H,16,19)(H,18,20)/t12-/m0/s1. The number of amides is 1. The predicted octanol–water partition coefficient (Wildman–Crippen LogP) is 3.24. The second-order valence-electron chi connectivity index (χ2n) is 4.74. The van der Waals surface area contributed by atoms with E-state index in [1.807, 2.05) is 12.1 Å². The zero-order valence-electron chi connectivity index (χ0n) is 12.3. The van der Waals surface area contributed by atoms with Gasteiger partial charge >= 0.3 is 0 Å². The first kappa shape index (κ1) is 15.4. The lowest BCUT2D eigenvalue weighted by molar-refractivity contribution is 0.0930. The summed E-state index contributed by atoms with van der Waals surface area (Å²) in [6.45, 7) is 2.14. The van der Waals surface area contributed by atoms with Gasteiger partial charge in [-0.3, -0.25) is 9.78 Å². The summed E-state index contributed by atoms with van der Waals surface area (Å²) < 4.78 is 0. The molecule has 5 nitrogen and oxygen atoms in total. The predicted molar refractivity (Wildman–Crippen MR) is 85.6 cm³/mol. The molecule has 2 aromatic heterocycles. The lowest BCUT2D eigenvalue weighted by atomic mass is 10.0. The van der Waals surface area contributed by atoms with Crippen LogP contribution in [-0.2, 0) is 0 Å². The molecule has 0 aromatic carbocycles. The molecule has 0 bridgehead atoms. The van der Waals surface area contributed by atoms with Crippen molar-refractivity contribution >= 4 is 22.4 Å². The number of thiazole rings is 1. The van der Waals surface area contributed by atoms with Gasteiger partial charge in [-0.1, -0.05) is 25.8 Å². The highest BCUT2D eigenvalue weighted by Gasteiger charge is 2.17. The van der Waals surface area contributed by atoms with E-state index in [4.69, 9.17) is 0 Å². The monoisotopic (exact) mass is 304 g/mol. The quantitative estimate of drug-likeness (QED) is 0.824. The zero-order valence-corrected chi connectivity index (χ0v) is 13.1. The molecule has 0 saturated carbocycles. The van der Waals surface area contributed by atoms with Gasteiger partial charge in [-0.2, -0.15) is 0 Å². The van der Waals surface area contributed by atoms with Crippen LogP contribution in [0.1, 0.15) is 48.3 Å². The van der Waals surface area contributed by atoms with E-state index in [9.17, 15) is 4.79 Å². The summed E-state index contributed by atoms with van der Waals surface area (Å²) in [6, 6.07) is 3.86. The van der Waals surface area contributed by atoms with Gasteiger partial charge in [0.05, 0.1) is 6.04 Å². The molecule has 0 aliphatic carbocycles. The van der Waals surface area contributed by atoms with Crippen LogP contribution in [0.15, 0.2) is 29.9 Å². The van der Waals surface area contributed by atoms with E-state index in [1.165, 1.54) is 11.3 Å². The molecular formula is C15H20N4OS. The van der Waals surface area contributed by atoms with Crippen LogP contribution in [0.2, 0.25) is 0 Å². The van der Waals surface area contributed by atoms with Crippen molar-refractivity contribution in [1.82, 2.24) is 15.3 Å². The smallest absolute Gasteiger partial charge is 0.271 e. The van der Waals surface area contributed by atoms with Crippen molar-refractivity contribution in [3.05, 3.63) is 41.2 Å². The molecule has 0 spiro atoms. The number of nitrogens with one attached hydrogen (secondary N) is 2. The van der Waals surface area contributed by atoms with Crippen molar-refractivity contribution in [3.8, 4) is 0 Å². The van der Waals surface area contributed by atoms with Crippen LogP contribution in [0, 0.1) is 0 Å². The fraction of sp³-hybridized carbons (Fsp3) is 0.400. The average Bonchev–Trinajstić information content (AvgIpc) is 3.01. The number of nitrogens with zero attached hydrogens (tertiary/aromatic N) is 2. The van der Waals surface area contributed by atoms with Crippen molar-refractivity contribution in [1.29, 1.82) is 0 Å². The summed E-state index contributed by atoms with van der Waals surface area (Å²) in [7, 11) is 1.79. The summed E-state index contributed by atoms with van der Waals surface area (Å²) >= 11 is 1.42. The number of aromatic nitrogens is 2. The van der Waals surface area contributed by atoms with E-state index in [0.717, 1.165) is 30.0 Å². The average molecular weight is 304 g/mol. The summed E-state index contributed by atoms with van der Waals surface area (Å²) in [4.78, 5) is 20.7. The molecule has 2 heterocycles. The molecule has 0 unspecified atom stereocenters. The van der Waals surface area contributed by atoms with Gasteiger partial charge < -0.3 is 10.6 Å². The maximum absolute atomic E-state index is 12.3. The Bertz CT molecular complexity index is 570. The van der Waals surface area contributed by atoms with Crippen molar-refractivity contribution in [2.75, 3.05) is 12.4 Å². The minimum atomic E-state index is -0.141. The maximum Gasteiger partial charge on any atom is 0.271 e. The van der Waals surface area contributed by atoms with Crippen LogP contribution in [-0.4, -0.2) is 22.9 Å². The third-order valence-corrected chi connectivity index (χ3v) is 4.05. The Hall–Kier alpha value is -1.95. The number of anilines is 1.